The number of aryl methyl sites for hydroxylation is 1. The van der Waals surface area contributed by atoms with Gasteiger partial charge in [0.25, 0.3) is 0 Å². The zero-order valence-corrected chi connectivity index (χ0v) is 8.09. The molecule has 0 radical (unpaired) electrons. The van der Waals surface area contributed by atoms with Crippen LogP contribution in [0.25, 0.3) is 4.96 Å². The Morgan fingerprint density at radius 3 is 3.00 bits per heavy atom. The van der Waals surface area contributed by atoms with Gasteiger partial charge in [0.2, 0.25) is 0 Å². The zero-order valence-electron chi connectivity index (χ0n) is 7.27. The molecule has 2 aromatic rings. The first-order valence-electron chi connectivity index (χ1n) is 3.74. The molecule has 13 heavy (non-hydrogen) atoms. The molecule has 0 aliphatic rings. The smallest absolute Gasteiger partial charge is 0.358 e. The summed E-state index contributed by atoms with van der Waals surface area (Å²) in [5.74, 6) is -0.395. The molecular formula is C8H8N2O2S. The number of thiazole rings is 1. The summed E-state index contributed by atoms with van der Waals surface area (Å²) < 4.78 is 6.38. The van der Waals surface area contributed by atoms with Gasteiger partial charge in [-0.25, -0.2) is 9.78 Å². The lowest BCUT2D eigenvalue weighted by Crippen LogP contribution is -2.00. The van der Waals surface area contributed by atoms with E-state index in [0.29, 0.717) is 5.69 Å². The fraction of sp³-hybridized carbons (Fsp3) is 0.250. The molecule has 0 aliphatic carbocycles. The Balaban J connectivity index is 2.51. The molecule has 2 aromatic heterocycles. The highest BCUT2D eigenvalue weighted by Gasteiger charge is 2.11. The second-order valence-electron chi connectivity index (χ2n) is 2.65. The number of ether oxygens (including phenoxy) is 1. The molecule has 0 atom stereocenters. The van der Waals surface area contributed by atoms with Crippen LogP contribution in [0.1, 0.15) is 15.4 Å². The number of aromatic nitrogens is 2. The lowest BCUT2D eigenvalue weighted by Gasteiger charge is -1.90. The topological polar surface area (TPSA) is 43.6 Å². The number of fused-ring (bicyclic) bond motifs is 1. The number of esters is 1. The summed E-state index contributed by atoms with van der Waals surface area (Å²) >= 11 is 1.54. The minimum atomic E-state index is -0.395. The van der Waals surface area contributed by atoms with E-state index in [1.165, 1.54) is 12.0 Å². The van der Waals surface area contributed by atoms with Gasteiger partial charge in [0, 0.05) is 17.3 Å². The first-order valence-corrected chi connectivity index (χ1v) is 4.56. The van der Waals surface area contributed by atoms with Crippen molar-refractivity contribution in [1.82, 2.24) is 9.38 Å². The molecule has 0 amide bonds. The normalized spacial score (nSPS) is 10.6. The molecule has 0 N–H and O–H groups in total. The van der Waals surface area contributed by atoms with E-state index in [9.17, 15) is 4.79 Å². The van der Waals surface area contributed by atoms with Crippen LogP contribution in [0, 0.1) is 6.92 Å². The van der Waals surface area contributed by atoms with Gasteiger partial charge in [-0.15, -0.1) is 11.3 Å². The number of carbonyl (C=O) groups excluding carboxylic acids is 1. The Labute approximate surface area is 78.8 Å². The van der Waals surface area contributed by atoms with Crippen molar-refractivity contribution in [1.29, 1.82) is 0 Å². The lowest BCUT2D eigenvalue weighted by atomic mass is 10.5. The molecule has 0 bridgehead atoms. The Morgan fingerprint density at radius 2 is 2.38 bits per heavy atom. The summed E-state index contributed by atoms with van der Waals surface area (Å²) in [5.41, 5.74) is 0.355. The molecule has 0 unspecified atom stereocenters. The second-order valence-corrected chi connectivity index (χ2v) is 3.86. The van der Waals surface area contributed by atoms with E-state index >= 15 is 0 Å². The number of methoxy groups -OCH3 is 1. The van der Waals surface area contributed by atoms with Crippen LogP contribution in [0.2, 0.25) is 0 Å². The van der Waals surface area contributed by atoms with Crippen molar-refractivity contribution < 1.29 is 9.53 Å². The highest BCUT2D eigenvalue weighted by Crippen LogP contribution is 2.16. The van der Waals surface area contributed by atoms with Gasteiger partial charge >= 0.3 is 5.97 Å². The van der Waals surface area contributed by atoms with Crippen molar-refractivity contribution in [2.45, 2.75) is 6.92 Å². The van der Waals surface area contributed by atoms with Gasteiger partial charge in [0.1, 0.15) is 0 Å². The molecule has 0 fully saturated rings. The van der Waals surface area contributed by atoms with Gasteiger partial charge in [-0.2, -0.15) is 0 Å². The van der Waals surface area contributed by atoms with Gasteiger partial charge in [0.05, 0.1) is 7.11 Å². The van der Waals surface area contributed by atoms with Gasteiger partial charge in [-0.1, -0.05) is 0 Å². The standard InChI is InChI=1S/C8H8N2O2S/c1-5-3-10-4-6(7(11)12-2)9-8(10)13-5/h3-4H,1-2H3. The first kappa shape index (κ1) is 8.25. The van der Waals surface area contributed by atoms with Gasteiger partial charge < -0.3 is 4.74 Å². The van der Waals surface area contributed by atoms with Crippen LogP contribution >= 0.6 is 11.3 Å². The fourth-order valence-electron chi connectivity index (χ4n) is 1.11. The SMILES string of the molecule is COC(=O)c1cn2cc(C)sc2n1. The van der Waals surface area contributed by atoms with Crippen LogP contribution in [-0.4, -0.2) is 22.5 Å². The predicted octanol–water partition coefficient (Wildman–Crippen LogP) is 1.49. The lowest BCUT2D eigenvalue weighted by molar-refractivity contribution is 0.0595. The summed E-state index contributed by atoms with van der Waals surface area (Å²) in [6, 6.07) is 0. The number of rotatable bonds is 1. The highest BCUT2D eigenvalue weighted by atomic mass is 32.1. The quantitative estimate of drug-likeness (QED) is 0.649. The van der Waals surface area contributed by atoms with Crippen LogP contribution in [0.3, 0.4) is 0 Å². The highest BCUT2D eigenvalue weighted by molar-refractivity contribution is 7.16. The summed E-state index contributed by atoms with van der Waals surface area (Å²) in [7, 11) is 1.35. The van der Waals surface area contributed by atoms with Crippen molar-refractivity contribution in [3.63, 3.8) is 0 Å². The Kier molecular flexibility index (Phi) is 1.81. The molecule has 4 nitrogen and oxygen atoms in total. The van der Waals surface area contributed by atoms with E-state index < -0.39 is 5.97 Å². The van der Waals surface area contributed by atoms with Gasteiger partial charge in [0.15, 0.2) is 10.7 Å². The number of carbonyl (C=O) groups is 1. The minimum Gasteiger partial charge on any atom is -0.464 e. The van der Waals surface area contributed by atoms with E-state index in [4.69, 9.17) is 0 Å². The van der Waals surface area contributed by atoms with Crippen LogP contribution < -0.4 is 0 Å². The molecule has 0 spiro atoms. The number of hydrogen-bond acceptors (Lipinski definition) is 4. The van der Waals surface area contributed by atoms with Crippen molar-refractivity contribution in [2.24, 2.45) is 0 Å². The largest absolute Gasteiger partial charge is 0.464 e. The number of nitrogens with zero attached hydrogens (tertiary/aromatic N) is 2. The maximum atomic E-state index is 11.1. The van der Waals surface area contributed by atoms with Crippen LogP contribution in [0.15, 0.2) is 12.4 Å². The van der Waals surface area contributed by atoms with Crippen molar-refractivity contribution >= 4 is 22.3 Å². The summed E-state index contributed by atoms with van der Waals surface area (Å²) in [5, 5.41) is 0. The molecule has 2 rings (SSSR count). The molecule has 68 valence electrons. The van der Waals surface area contributed by atoms with Crippen molar-refractivity contribution in [3.05, 3.63) is 23.0 Å². The molecule has 0 aromatic carbocycles. The van der Waals surface area contributed by atoms with Crippen LogP contribution in [0.5, 0.6) is 0 Å². The van der Waals surface area contributed by atoms with E-state index in [0.717, 1.165) is 4.96 Å². The number of hydrogen-bond donors (Lipinski definition) is 0. The van der Waals surface area contributed by atoms with Crippen LogP contribution in [-0.2, 0) is 4.74 Å². The summed E-state index contributed by atoms with van der Waals surface area (Å²) in [6.45, 7) is 2.00. The monoisotopic (exact) mass is 196 g/mol. The number of imidazole rings is 1. The molecule has 0 saturated carbocycles. The van der Waals surface area contributed by atoms with E-state index in [1.807, 2.05) is 17.5 Å². The van der Waals surface area contributed by atoms with E-state index in [2.05, 4.69) is 9.72 Å². The average Bonchev–Trinajstić information content (AvgIpc) is 2.59. The fourth-order valence-corrected chi connectivity index (χ4v) is 1.92. The second kappa shape index (κ2) is 2.85. The molecular weight excluding hydrogens is 188 g/mol. The third kappa shape index (κ3) is 1.31. The molecule has 2 heterocycles. The Morgan fingerprint density at radius 1 is 1.62 bits per heavy atom. The third-order valence-electron chi connectivity index (χ3n) is 1.67. The summed E-state index contributed by atoms with van der Waals surface area (Å²) in [4.78, 5) is 17.2. The Hall–Kier alpha value is -1.36. The third-order valence-corrected chi connectivity index (χ3v) is 2.58. The molecule has 0 aliphatic heterocycles. The maximum absolute atomic E-state index is 11.1. The predicted molar refractivity (Wildman–Crippen MR) is 49.1 cm³/mol. The van der Waals surface area contributed by atoms with E-state index in [-0.39, 0.29) is 0 Å². The summed E-state index contributed by atoms with van der Waals surface area (Å²) in [6.07, 6.45) is 3.60. The maximum Gasteiger partial charge on any atom is 0.358 e. The first-order chi connectivity index (χ1) is 6.20. The van der Waals surface area contributed by atoms with Crippen LogP contribution in [0.4, 0.5) is 0 Å². The van der Waals surface area contributed by atoms with E-state index in [1.54, 1.807) is 17.5 Å². The van der Waals surface area contributed by atoms with Gasteiger partial charge in [-0.3, -0.25) is 4.40 Å². The Bertz CT molecular complexity index is 426. The van der Waals surface area contributed by atoms with Crippen molar-refractivity contribution in [2.75, 3.05) is 7.11 Å². The van der Waals surface area contributed by atoms with Gasteiger partial charge in [-0.05, 0) is 6.92 Å². The molecule has 0 saturated heterocycles. The van der Waals surface area contributed by atoms with Crippen molar-refractivity contribution in [3.8, 4) is 0 Å². The average molecular weight is 196 g/mol. The minimum absolute atomic E-state index is 0.355. The molecule has 5 heteroatoms. The zero-order chi connectivity index (χ0) is 9.42.